The van der Waals surface area contributed by atoms with Crippen molar-refractivity contribution in [2.45, 2.75) is 6.04 Å². The third kappa shape index (κ3) is 4.51. The third-order valence-electron chi connectivity index (χ3n) is 5.92. The van der Waals surface area contributed by atoms with E-state index in [2.05, 4.69) is 25.6 Å². The van der Waals surface area contributed by atoms with Crippen molar-refractivity contribution in [3.8, 4) is 17.1 Å². The number of piperazine rings is 1. The van der Waals surface area contributed by atoms with E-state index in [-0.39, 0.29) is 24.5 Å². The number of urea groups is 1. The highest BCUT2D eigenvalue weighted by atomic mass is 16.5. The van der Waals surface area contributed by atoms with Crippen LogP contribution in [0.1, 0.15) is 0 Å². The maximum atomic E-state index is 12.8. The van der Waals surface area contributed by atoms with Crippen molar-refractivity contribution in [1.29, 1.82) is 0 Å². The molecule has 3 heterocycles. The molecule has 1 fully saturated rings. The summed E-state index contributed by atoms with van der Waals surface area (Å²) in [7, 11) is 1.82. The Morgan fingerprint density at radius 1 is 1.18 bits per heavy atom. The minimum atomic E-state index is -0.154. The number of hydrogen-bond acceptors (Lipinski definition) is 6. The first kappa shape index (κ1) is 21.0. The molecular weight excluding hydrogens is 422 g/mol. The SMILES string of the molecule is Cn1ncnc1-c1ccc2c(c1)NC(=O)CN1CCN(C(=O)Nc3ccccc3)C[C@@H]1CO2. The van der Waals surface area contributed by atoms with Gasteiger partial charge in [-0.1, -0.05) is 18.2 Å². The predicted octanol–water partition coefficient (Wildman–Crippen LogP) is 2.03. The van der Waals surface area contributed by atoms with Gasteiger partial charge in [0.2, 0.25) is 5.91 Å². The van der Waals surface area contributed by atoms with Crippen molar-refractivity contribution in [3.05, 3.63) is 54.9 Å². The summed E-state index contributed by atoms with van der Waals surface area (Å²) in [5.41, 5.74) is 2.18. The van der Waals surface area contributed by atoms with E-state index in [1.807, 2.05) is 55.6 Å². The number of para-hydroxylation sites is 1. The van der Waals surface area contributed by atoms with E-state index in [1.165, 1.54) is 6.33 Å². The van der Waals surface area contributed by atoms with E-state index in [1.54, 1.807) is 9.58 Å². The van der Waals surface area contributed by atoms with Crippen LogP contribution in [0.4, 0.5) is 16.2 Å². The smallest absolute Gasteiger partial charge is 0.321 e. The molecule has 0 spiro atoms. The summed E-state index contributed by atoms with van der Waals surface area (Å²) < 4.78 is 7.79. The van der Waals surface area contributed by atoms with Crippen molar-refractivity contribution in [2.75, 3.05) is 43.4 Å². The van der Waals surface area contributed by atoms with Gasteiger partial charge in [-0.05, 0) is 30.3 Å². The largest absolute Gasteiger partial charge is 0.490 e. The minimum absolute atomic E-state index is 0.101. The molecule has 0 radical (unpaired) electrons. The summed E-state index contributed by atoms with van der Waals surface area (Å²) in [5, 5.41) is 10.0. The maximum Gasteiger partial charge on any atom is 0.321 e. The van der Waals surface area contributed by atoms with Crippen molar-refractivity contribution in [2.24, 2.45) is 7.05 Å². The van der Waals surface area contributed by atoms with Crippen LogP contribution in [0.3, 0.4) is 0 Å². The lowest BCUT2D eigenvalue weighted by Gasteiger charge is -2.40. The van der Waals surface area contributed by atoms with Crippen molar-refractivity contribution >= 4 is 23.3 Å². The number of nitrogens with one attached hydrogen (secondary N) is 2. The number of fused-ring (bicyclic) bond motifs is 2. The second-order valence-electron chi connectivity index (χ2n) is 8.14. The number of benzene rings is 2. The van der Waals surface area contributed by atoms with E-state index < -0.39 is 0 Å². The lowest BCUT2D eigenvalue weighted by molar-refractivity contribution is -0.118. The second kappa shape index (κ2) is 8.91. The van der Waals surface area contributed by atoms with Gasteiger partial charge in [0.25, 0.3) is 0 Å². The fourth-order valence-electron chi connectivity index (χ4n) is 4.18. The molecule has 170 valence electrons. The number of carbonyl (C=O) groups excluding carboxylic acids is 2. The van der Waals surface area contributed by atoms with Crippen molar-refractivity contribution in [3.63, 3.8) is 0 Å². The summed E-state index contributed by atoms with van der Waals surface area (Å²) in [6.07, 6.45) is 1.49. The number of amides is 3. The number of rotatable bonds is 2. The van der Waals surface area contributed by atoms with Gasteiger partial charge in [-0.3, -0.25) is 9.69 Å². The van der Waals surface area contributed by atoms with E-state index in [0.29, 0.717) is 43.5 Å². The van der Waals surface area contributed by atoms with Crippen molar-refractivity contribution < 1.29 is 14.3 Å². The maximum absolute atomic E-state index is 12.8. The van der Waals surface area contributed by atoms with Crippen LogP contribution in [0.2, 0.25) is 0 Å². The molecule has 0 unspecified atom stereocenters. The molecule has 0 saturated carbocycles. The highest BCUT2D eigenvalue weighted by molar-refractivity contribution is 5.94. The fraction of sp³-hybridized carbons (Fsp3) is 0.304. The lowest BCUT2D eigenvalue weighted by atomic mass is 10.1. The number of hydrogen-bond donors (Lipinski definition) is 2. The molecule has 2 aliphatic heterocycles. The van der Waals surface area contributed by atoms with Gasteiger partial charge in [-0.25, -0.2) is 14.5 Å². The quantitative estimate of drug-likeness (QED) is 0.623. The van der Waals surface area contributed by atoms with Crippen LogP contribution in [-0.2, 0) is 11.8 Å². The minimum Gasteiger partial charge on any atom is -0.490 e. The topological polar surface area (TPSA) is 105 Å². The molecule has 3 aromatic rings. The van der Waals surface area contributed by atoms with Crippen molar-refractivity contribution in [1.82, 2.24) is 24.6 Å². The fourth-order valence-corrected chi connectivity index (χ4v) is 4.18. The van der Waals surface area contributed by atoms with Crippen LogP contribution in [0, 0.1) is 0 Å². The van der Waals surface area contributed by atoms with Crippen LogP contribution in [0.15, 0.2) is 54.9 Å². The van der Waals surface area contributed by atoms with E-state index in [9.17, 15) is 9.59 Å². The molecule has 1 atom stereocenters. The van der Waals surface area contributed by atoms with Gasteiger partial charge in [0.15, 0.2) is 5.82 Å². The van der Waals surface area contributed by atoms with Gasteiger partial charge in [-0.15, -0.1) is 0 Å². The first-order chi connectivity index (χ1) is 16.1. The zero-order chi connectivity index (χ0) is 22.8. The molecule has 10 nitrogen and oxygen atoms in total. The Hall–Kier alpha value is -3.92. The summed E-state index contributed by atoms with van der Waals surface area (Å²) >= 11 is 0. The summed E-state index contributed by atoms with van der Waals surface area (Å²) in [5.74, 6) is 1.16. The Balaban J connectivity index is 1.32. The van der Waals surface area contributed by atoms with Gasteiger partial charge in [0.05, 0.1) is 18.3 Å². The summed E-state index contributed by atoms with van der Waals surface area (Å²) in [6, 6.07) is 14.7. The standard InChI is InChI=1S/C23H25N7O3/c1-28-22(24-15-25-28)16-7-8-20-19(11-16)27-21(31)13-29-9-10-30(12-18(29)14-33-20)23(32)26-17-5-3-2-4-6-17/h2-8,11,15,18H,9-10,12-14H2,1H3,(H,26,32)(H,27,31)/t18-/m1/s1. The van der Waals surface area contributed by atoms with Crippen LogP contribution >= 0.6 is 0 Å². The Bertz CT molecular complexity index is 1160. The Kier molecular flexibility index (Phi) is 5.66. The lowest BCUT2D eigenvalue weighted by Crippen LogP contribution is -2.58. The highest BCUT2D eigenvalue weighted by Gasteiger charge is 2.32. The molecule has 2 aliphatic rings. The molecule has 1 aromatic heterocycles. The molecule has 33 heavy (non-hydrogen) atoms. The normalized spacial score (nSPS) is 18.6. The van der Waals surface area contributed by atoms with E-state index in [4.69, 9.17) is 4.74 Å². The van der Waals surface area contributed by atoms with Gasteiger partial charge in [0.1, 0.15) is 18.7 Å². The predicted molar refractivity (Wildman–Crippen MR) is 123 cm³/mol. The van der Waals surface area contributed by atoms with Crippen LogP contribution < -0.4 is 15.4 Å². The molecule has 5 rings (SSSR count). The van der Waals surface area contributed by atoms with Gasteiger partial charge in [-0.2, -0.15) is 5.10 Å². The monoisotopic (exact) mass is 447 g/mol. The number of ether oxygens (including phenoxy) is 1. The molecular formula is C23H25N7O3. The second-order valence-corrected chi connectivity index (χ2v) is 8.14. The average molecular weight is 447 g/mol. The number of nitrogens with zero attached hydrogens (tertiary/aromatic N) is 5. The number of carbonyl (C=O) groups is 2. The Morgan fingerprint density at radius 3 is 2.82 bits per heavy atom. The van der Waals surface area contributed by atoms with Crippen LogP contribution in [0.5, 0.6) is 5.75 Å². The van der Waals surface area contributed by atoms with Gasteiger partial charge < -0.3 is 20.3 Å². The zero-order valence-corrected chi connectivity index (χ0v) is 18.3. The molecule has 0 aliphatic carbocycles. The summed E-state index contributed by atoms with van der Waals surface area (Å²) in [6.45, 7) is 2.18. The first-order valence-corrected chi connectivity index (χ1v) is 10.8. The number of aryl methyl sites for hydroxylation is 1. The highest BCUT2D eigenvalue weighted by Crippen LogP contribution is 2.31. The Morgan fingerprint density at radius 2 is 2.03 bits per heavy atom. The van der Waals surface area contributed by atoms with Crippen LogP contribution in [-0.4, -0.2) is 75.3 Å². The number of anilines is 2. The molecule has 3 amide bonds. The zero-order valence-electron chi connectivity index (χ0n) is 18.3. The Labute approximate surface area is 191 Å². The van der Waals surface area contributed by atoms with Gasteiger partial charge >= 0.3 is 6.03 Å². The number of aromatic nitrogens is 3. The van der Waals surface area contributed by atoms with E-state index >= 15 is 0 Å². The van der Waals surface area contributed by atoms with Crippen LogP contribution in [0.25, 0.3) is 11.4 Å². The van der Waals surface area contributed by atoms with Gasteiger partial charge in [0, 0.05) is 37.9 Å². The third-order valence-corrected chi connectivity index (χ3v) is 5.92. The average Bonchev–Trinajstić information content (AvgIpc) is 3.27. The molecule has 2 aromatic carbocycles. The molecule has 0 bridgehead atoms. The molecule has 1 saturated heterocycles. The molecule has 2 N–H and O–H groups in total. The first-order valence-electron chi connectivity index (χ1n) is 10.8. The summed E-state index contributed by atoms with van der Waals surface area (Å²) in [4.78, 5) is 33.7. The van der Waals surface area contributed by atoms with E-state index in [0.717, 1.165) is 11.3 Å². The molecule has 10 heteroatoms.